The molecule has 4 saturated carbocycles. The summed E-state index contributed by atoms with van der Waals surface area (Å²) in [6.45, 7) is 0. The third-order valence-electron chi connectivity index (χ3n) is 7.45. The lowest BCUT2D eigenvalue weighted by molar-refractivity contribution is -0.0775. The second kappa shape index (κ2) is 5.38. The molecule has 1 aliphatic heterocycles. The number of tetrazole rings is 1. The quantitative estimate of drug-likeness (QED) is 0.379. The van der Waals surface area contributed by atoms with Gasteiger partial charge < -0.3 is 5.32 Å². The van der Waals surface area contributed by atoms with Crippen LogP contribution in [0, 0.1) is 23.7 Å². The molecule has 0 atom stereocenters. The lowest BCUT2D eigenvalue weighted by Gasteiger charge is -2.60. The van der Waals surface area contributed by atoms with Gasteiger partial charge in [-0.1, -0.05) is 0 Å². The Balaban J connectivity index is 1.56. The van der Waals surface area contributed by atoms with Crippen molar-refractivity contribution in [3.63, 3.8) is 0 Å². The Morgan fingerprint density at radius 3 is 2.57 bits per heavy atom. The van der Waals surface area contributed by atoms with E-state index in [-0.39, 0.29) is 5.91 Å². The minimum absolute atomic E-state index is 0.144. The van der Waals surface area contributed by atoms with Crippen molar-refractivity contribution in [2.24, 2.45) is 29.5 Å². The largest absolute Gasteiger partial charge is 0.339 e. The average Bonchev–Trinajstić information content (AvgIpc) is 3.16. The van der Waals surface area contributed by atoms with E-state index in [9.17, 15) is 9.59 Å². The van der Waals surface area contributed by atoms with Crippen molar-refractivity contribution in [1.82, 2.24) is 30.9 Å². The molecule has 144 valence electrons. The van der Waals surface area contributed by atoms with Crippen LogP contribution in [0.2, 0.25) is 0 Å². The number of hydrazine groups is 1. The van der Waals surface area contributed by atoms with Crippen molar-refractivity contribution < 1.29 is 9.59 Å². The number of aromatic nitrogens is 4. The molecule has 0 saturated heterocycles. The molecule has 1 aromatic heterocycles. The van der Waals surface area contributed by atoms with Crippen molar-refractivity contribution in [1.29, 1.82) is 0 Å². The number of fused-ring (bicyclic) bond motifs is 3. The predicted molar refractivity (Wildman–Crippen MR) is 97.0 cm³/mol. The van der Waals surface area contributed by atoms with Crippen molar-refractivity contribution >= 4 is 11.8 Å². The average molecular weight is 379 g/mol. The number of amides is 2. The molecule has 28 heavy (non-hydrogen) atoms. The van der Waals surface area contributed by atoms with Gasteiger partial charge in [0, 0.05) is 5.56 Å². The van der Waals surface area contributed by atoms with E-state index in [0.717, 1.165) is 37.5 Å². The summed E-state index contributed by atoms with van der Waals surface area (Å²) in [6, 6.07) is 4.88. The molecule has 4 fully saturated rings. The Morgan fingerprint density at radius 2 is 1.89 bits per heavy atom. The van der Waals surface area contributed by atoms with Crippen LogP contribution >= 0.6 is 0 Å². The summed E-state index contributed by atoms with van der Waals surface area (Å²) >= 11 is 0. The van der Waals surface area contributed by atoms with E-state index >= 15 is 0 Å². The van der Waals surface area contributed by atoms with E-state index in [4.69, 9.17) is 5.84 Å². The number of carbonyl (C=O) groups excluding carboxylic acids is 2. The number of rotatable bonds is 1. The number of nitrogens with one attached hydrogen (secondary N) is 2. The zero-order valence-electron chi connectivity index (χ0n) is 15.3. The second-order valence-corrected chi connectivity index (χ2v) is 8.75. The summed E-state index contributed by atoms with van der Waals surface area (Å²) in [4.78, 5) is 25.3. The van der Waals surface area contributed by atoms with E-state index in [1.165, 1.54) is 6.42 Å². The van der Waals surface area contributed by atoms with Crippen LogP contribution in [0.3, 0.4) is 0 Å². The first kappa shape index (κ1) is 16.2. The van der Waals surface area contributed by atoms with Crippen molar-refractivity contribution in [2.75, 3.05) is 0 Å². The van der Waals surface area contributed by atoms with E-state index in [0.29, 0.717) is 34.5 Å². The predicted octanol–water partition coefficient (Wildman–Crippen LogP) is 0.661. The smallest absolute Gasteiger partial charge is 0.265 e. The van der Waals surface area contributed by atoms with Gasteiger partial charge in [0.2, 0.25) is 0 Å². The molecule has 0 unspecified atom stereocenters. The lowest BCUT2D eigenvalue weighted by atomic mass is 9.48. The molecule has 7 rings (SSSR count). The Morgan fingerprint density at radius 1 is 1.18 bits per heavy atom. The molecule has 5 aliphatic rings. The molecule has 4 bridgehead atoms. The SMILES string of the molecule is NNC(=O)c1ccc2c(c1)-n1nnnc1C1(NC2=O)C2CC3CC(C2)CC1C3. The summed E-state index contributed by atoms with van der Waals surface area (Å²) in [5.74, 6) is 7.59. The van der Waals surface area contributed by atoms with Crippen molar-refractivity contribution in [3.05, 3.63) is 35.2 Å². The van der Waals surface area contributed by atoms with Crippen LogP contribution in [0.25, 0.3) is 5.69 Å². The molecule has 0 radical (unpaired) electrons. The highest BCUT2D eigenvalue weighted by Gasteiger charge is 2.61. The van der Waals surface area contributed by atoms with Gasteiger partial charge in [-0.15, -0.1) is 5.10 Å². The number of benzene rings is 1. The van der Waals surface area contributed by atoms with Crippen LogP contribution in [0.4, 0.5) is 0 Å². The Kier molecular flexibility index (Phi) is 3.11. The molecule has 4 aliphatic carbocycles. The van der Waals surface area contributed by atoms with Gasteiger partial charge in [0.1, 0.15) is 5.54 Å². The van der Waals surface area contributed by atoms with Gasteiger partial charge in [0.25, 0.3) is 11.8 Å². The number of nitrogens with zero attached hydrogens (tertiary/aromatic N) is 4. The highest BCUT2D eigenvalue weighted by molar-refractivity contribution is 6.01. The van der Waals surface area contributed by atoms with Crippen LogP contribution < -0.4 is 16.6 Å². The summed E-state index contributed by atoms with van der Waals surface area (Å²) in [7, 11) is 0. The van der Waals surface area contributed by atoms with Gasteiger partial charge in [-0.25, -0.2) is 5.84 Å². The zero-order chi connectivity index (χ0) is 19.0. The molecule has 1 aromatic carbocycles. The number of nitrogen functional groups attached to an aromatic ring is 1. The first-order chi connectivity index (χ1) is 13.6. The maximum Gasteiger partial charge on any atom is 0.265 e. The molecule has 2 amide bonds. The highest BCUT2D eigenvalue weighted by atomic mass is 16.2. The maximum atomic E-state index is 13.3. The van der Waals surface area contributed by atoms with Gasteiger partial charge >= 0.3 is 0 Å². The van der Waals surface area contributed by atoms with Crippen molar-refractivity contribution in [3.8, 4) is 5.69 Å². The van der Waals surface area contributed by atoms with E-state index in [1.807, 2.05) is 0 Å². The fourth-order valence-corrected chi connectivity index (χ4v) is 6.54. The molecule has 9 nitrogen and oxygen atoms in total. The lowest BCUT2D eigenvalue weighted by Crippen LogP contribution is -2.64. The van der Waals surface area contributed by atoms with E-state index in [2.05, 4.69) is 26.3 Å². The summed E-state index contributed by atoms with van der Waals surface area (Å²) in [5, 5.41) is 16.0. The van der Waals surface area contributed by atoms with Gasteiger partial charge in [0.05, 0.1) is 11.3 Å². The van der Waals surface area contributed by atoms with Gasteiger partial charge in [0.15, 0.2) is 5.82 Å². The standard InChI is InChI=1S/C19H21N7O2/c20-22-16(27)11-1-2-14-15(8-11)26-18(23-24-25-26)19(21-17(14)28)12-4-9-3-10(6-12)7-13(19)5-9/h1-2,8-10,12-13H,3-7,20H2,(H,21,28)(H,22,27). The van der Waals surface area contributed by atoms with E-state index < -0.39 is 11.4 Å². The van der Waals surface area contributed by atoms with E-state index in [1.54, 1.807) is 22.9 Å². The maximum absolute atomic E-state index is 13.3. The van der Waals surface area contributed by atoms with Crippen LogP contribution in [-0.4, -0.2) is 32.0 Å². The second-order valence-electron chi connectivity index (χ2n) is 8.75. The van der Waals surface area contributed by atoms with Crippen LogP contribution in [0.15, 0.2) is 18.2 Å². The first-order valence-electron chi connectivity index (χ1n) is 9.87. The van der Waals surface area contributed by atoms with Gasteiger partial charge in [-0.2, -0.15) is 4.68 Å². The summed E-state index contributed by atoms with van der Waals surface area (Å²) < 4.78 is 1.66. The normalized spacial score (nSPS) is 34.5. The topological polar surface area (TPSA) is 128 Å². The number of hydrogen-bond donors (Lipinski definition) is 3. The van der Waals surface area contributed by atoms with Crippen LogP contribution in [0.5, 0.6) is 0 Å². The van der Waals surface area contributed by atoms with Crippen molar-refractivity contribution in [2.45, 2.75) is 37.6 Å². The zero-order valence-corrected chi connectivity index (χ0v) is 15.3. The Bertz CT molecular complexity index is 985. The third-order valence-corrected chi connectivity index (χ3v) is 7.45. The summed E-state index contributed by atoms with van der Waals surface area (Å²) in [5.41, 5.74) is 2.93. The Labute approximate surface area is 161 Å². The molecule has 2 aromatic rings. The number of carbonyl (C=O) groups is 2. The minimum Gasteiger partial charge on any atom is -0.339 e. The first-order valence-corrected chi connectivity index (χ1v) is 9.87. The number of hydrogen-bond acceptors (Lipinski definition) is 6. The van der Waals surface area contributed by atoms with Gasteiger partial charge in [-0.3, -0.25) is 15.0 Å². The molecular weight excluding hydrogens is 358 g/mol. The van der Waals surface area contributed by atoms with Crippen LogP contribution in [0.1, 0.15) is 58.6 Å². The number of nitrogens with two attached hydrogens (primary N) is 1. The molecular formula is C19H21N7O2. The van der Waals surface area contributed by atoms with Crippen LogP contribution in [-0.2, 0) is 5.54 Å². The summed E-state index contributed by atoms with van der Waals surface area (Å²) in [6.07, 6.45) is 5.75. The highest BCUT2D eigenvalue weighted by Crippen LogP contribution is 2.61. The minimum atomic E-state index is -0.538. The molecule has 9 heteroatoms. The third kappa shape index (κ3) is 1.92. The van der Waals surface area contributed by atoms with Gasteiger partial charge in [-0.05, 0) is 84.4 Å². The monoisotopic (exact) mass is 379 g/mol. The molecule has 4 N–H and O–H groups in total. The fraction of sp³-hybridized carbons (Fsp3) is 0.526. The molecule has 1 spiro atoms. The Hall–Kier alpha value is -2.81. The molecule has 2 heterocycles. The fourth-order valence-electron chi connectivity index (χ4n) is 6.54.